The molecule has 35 heavy (non-hydrogen) atoms. The third-order valence-electron chi connectivity index (χ3n) is 6.59. The maximum absolute atomic E-state index is 14.1. The van der Waals surface area contributed by atoms with Gasteiger partial charge < -0.3 is 9.47 Å². The number of fused-ring (bicyclic) bond motifs is 1. The van der Waals surface area contributed by atoms with E-state index in [1.165, 1.54) is 0 Å². The van der Waals surface area contributed by atoms with Gasteiger partial charge >= 0.3 is 0 Å². The molecule has 7 heteroatoms. The van der Waals surface area contributed by atoms with E-state index in [0.29, 0.717) is 42.3 Å². The van der Waals surface area contributed by atoms with Gasteiger partial charge in [0.2, 0.25) is 0 Å². The van der Waals surface area contributed by atoms with E-state index in [2.05, 4.69) is 39.4 Å². The van der Waals surface area contributed by atoms with Crippen LogP contribution in [0.2, 0.25) is 0 Å². The van der Waals surface area contributed by atoms with Crippen molar-refractivity contribution in [3.05, 3.63) is 58.1 Å². The second-order valence-electron chi connectivity index (χ2n) is 10.2. The van der Waals surface area contributed by atoms with Crippen LogP contribution in [-0.4, -0.2) is 46.2 Å². The minimum Gasteiger partial charge on any atom is -0.486 e. The van der Waals surface area contributed by atoms with E-state index in [4.69, 9.17) is 9.47 Å². The minimum absolute atomic E-state index is 0.179. The van der Waals surface area contributed by atoms with Crippen LogP contribution in [0.25, 0.3) is 0 Å². The number of hydrazine groups is 1. The van der Waals surface area contributed by atoms with Crippen LogP contribution in [-0.2, 0) is 6.42 Å². The maximum atomic E-state index is 14.1. The first-order valence-corrected chi connectivity index (χ1v) is 14.5. The van der Waals surface area contributed by atoms with Crippen LogP contribution in [0, 0.1) is 13.8 Å². The van der Waals surface area contributed by atoms with E-state index < -0.39 is 10.2 Å². The number of benzene rings is 2. The number of aryl methyl sites for hydroxylation is 2. The van der Waals surface area contributed by atoms with Gasteiger partial charge in [-0.05, 0) is 63.0 Å². The first kappa shape index (κ1) is 26.9. The molecule has 1 heterocycles. The summed E-state index contributed by atoms with van der Waals surface area (Å²) in [5.41, 5.74) is 6.98. The van der Waals surface area contributed by atoms with Crippen LogP contribution < -0.4 is 14.9 Å². The second kappa shape index (κ2) is 10.5. The lowest BCUT2D eigenvalue weighted by Crippen LogP contribution is -2.53. The van der Waals surface area contributed by atoms with Crippen molar-refractivity contribution in [1.29, 1.82) is 0 Å². The zero-order valence-corrected chi connectivity index (χ0v) is 23.2. The molecule has 0 bridgehead atoms. The Kier molecular flexibility index (Phi) is 8.10. The molecule has 0 aromatic heterocycles. The van der Waals surface area contributed by atoms with Crippen molar-refractivity contribution in [1.82, 2.24) is 9.84 Å². The molecule has 1 aliphatic heterocycles. The van der Waals surface area contributed by atoms with Gasteiger partial charge in [0.25, 0.3) is 11.8 Å². The van der Waals surface area contributed by atoms with E-state index in [9.17, 15) is 9.59 Å². The number of carbonyl (C=O) groups is 2. The fourth-order valence-electron chi connectivity index (χ4n) is 4.51. The fourth-order valence-corrected chi connectivity index (χ4v) is 7.40. The standard InChI is InChI=1S/C28H40N2O4S/c1-9-15-35(8,28(5,6)7)30(27(32)21-17-19(3)16-20(4)18-21)29-26(31)23-11-12-24-25(22(23)10-2)34-14-13-33-24/h11-12,16-18H,9-10,13-15H2,1-8H3,(H,29,31). The molecule has 0 spiro atoms. The highest BCUT2D eigenvalue weighted by Gasteiger charge is 2.42. The van der Waals surface area contributed by atoms with Gasteiger partial charge in [-0.1, -0.05) is 51.8 Å². The Labute approximate surface area is 211 Å². The molecule has 2 amide bonds. The lowest BCUT2D eigenvalue weighted by Gasteiger charge is -2.54. The Morgan fingerprint density at radius 2 is 1.66 bits per heavy atom. The van der Waals surface area contributed by atoms with E-state index >= 15 is 0 Å². The summed E-state index contributed by atoms with van der Waals surface area (Å²) < 4.78 is 13.0. The Bertz CT molecular complexity index is 1090. The molecule has 2 aromatic rings. The molecule has 3 rings (SSSR count). The third-order valence-corrected chi connectivity index (χ3v) is 11.5. The molecular weight excluding hydrogens is 460 g/mol. The van der Waals surface area contributed by atoms with Crippen LogP contribution >= 0.6 is 10.2 Å². The highest BCUT2D eigenvalue weighted by atomic mass is 32.3. The number of nitrogens with one attached hydrogen (secondary N) is 1. The number of nitrogens with zero attached hydrogens (tertiary/aromatic N) is 1. The molecule has 1 atom stereocenters. The number of ether oxygens (including phenoxy) is 2. The summed E-state index contributed by atoms with van der Waals surface area (Å²) in [6, 6.07) is 9.38. The molecule has 1 unspecified atom stereocenters. The van der Waals surface area contributed by atoms with E-state index in [1.807, 2.05) is 39.0 Å². The van der Waals surface area contributed by atoms with Gasteiger partial charge in [-0.3, -0.25) is 15.0 Å². The highest BCUT2D eigenvalue weighted by molar-refractivity contribution is 8.32. The highest BCUT2D eigenvalue weighted by Crippen LogP contribution is 2.59. The van der Waals surface area contributed by atoms with Gasteiger partial charge in [-0.25, -0.2) is 4.41 Å². The van der Waals surface area contributed by atoms with Gasteiger partial charge in [0.05, 0.1) is 0 Å². The first-order chi connectivity index (χ1) is 16.4. The number of rotatable bonds is 6. The SMILES string of the molecule is CCCS(C)(N(NC(=O)c1ccc2c(c1CC)OCCO2)C(=O)c1cc(C)cc(C)c1)C(C)(C)C. The van der Waals surface area contributed by atoms with Gasteiger partial charge in [0, 0.05) is 21.4 Å². The van der Waals surface area contributed by atoms with Crippen molar-refractivity contribution < 1.29 is 19.1 Å². The summed E-state index contributed by atoms with van der Waals surface area (Å²) in [5.74, 6) is 1.61. The quantitative estimate of drug-likeness (QED) is 0.495. The van der Waals surface area contributed by atoms with Crippen LogP contribution in [0.15, 0.2) is 30.3 Å². The van der Waals surface area contributed by atoms with Gasteiger partial charge in [0.1, 0.15) is 13.2 Å². The molecule has 6 nitrogen and oxygen atoms in total. The molecule has 0 aliphatic carbocycles. The molecule has 192 valence electrons. The Hall–Kier alpha value is -2.67. The second-order valence-corrected chi connectivity index (χ2v) is 14.3. The van der Waals surface area contributed by atoms with Gasteiger partial charge in [0.15, 0.2) is 11.5 Å². The monoisotopic (exact) mass is 500 g/mol. The number of hydrogen-bond donors (Lipinski definition) is 1. The predicted molar refractivity (Wildman–Crippen MR) is 145 cm³/mol. The van der Waals surface area contributed by atoms with Crippen molar-refractivity contribution in [2.24, 2.45) is 0 Å². The largest absolute Gasteiger partial charge is 0.486 e. The normalized spacial score (nSPS) is 15.7. The molecule has 0 fully saturated rings. The topological polar surface area (TPSA) is 67.9 Å². The summed E-state index contributed by atoms with van der Waals surface area (Å²) in [7, 11) is -1.76. The van der Waals surface area contributed by atoms with Gasteiger partial charge in [-0.2, -0.15) is 0 Å². The predicted octanol–water partition coefficient (Wildman–Crippen LogP) is 5.98. The number of hydrogen-bond acceptors (Lipinski definition) is 4. The molecule has 0 saturated carbocycles. The summed E-state index contributed by atoms with van der Waals surface area (Å²) in [6.45, 7) is 15.5. The number of amides is 2. The van der Waals surface area contributed by atoms with Crippen LogP contribution in [0.5, 0.6) is 11.5 Å². The summed E-state index contributed by atoms with van der Waals surface area (Å²) in [6.07, 6.45) is 3.65. The van der Waals surface area contributed by atoms with E-state index in [0.717, 1.165) is 28.9 Å². The average molecular weight is 501 g/mol. The first-order valence-electron chi connectivity index (χ1n) is 12.3. The summed E-state index contributed by atoms with van der Waals surface area (Å²) in [5, 5.41) is 0. The van der Waals surface area contributed by atoms with Crippen LogP contribution in [0.4, 0.5) is 0 Å². The Morgan fingerprint density at radius 1 is 1.03 bits per heavy atom. The van der Waals surface area contributed by atoms with Crippen molar-refractivity contribution in [3.63, 3.8) is 0 Å². The smallest absolute Gasteiger partial charge is 0.281 e. The van der Waals surface area contributed by atoms with Crippen molar-refractivity contribution in [2.75, 3.05) is 25.2 Å². The molecule has 2 aromatic carbocycles. The molecule has 1 aliphatic rings. The molecule has 0 saturated heterocycles. The maximum Gasteiger partial charge on any atom is 0.281 e. The molecular formula is C28H40N2O4S. The Morgan fingerprint density at radius 3 is 2.23 bits per heavy atom. The Balaban J connectivity index is 2.09. The fraction of sp³-hybridized carbons (Fsp3) is 0.500. The lowest BCUT2D eigenvalue weighted by atomic mass is 10.0. The van der Waals surface area contributed by atoms with E-state index in [1.54, 1.807) is 16.5 Å². The summed E-state index contributed by atoms with van der Waals surface area (Å²) in [4.78, 5) is 27.8. The van der Waals surface area contributed by atoms with Crippen LogP contribution in [0.1, 0.15) is 78.4 Å². The lowest BCUT2D eigenvalue weighted by molar-refractivity contribution is 0.0730. The average Bonchev–Trinajstić information content (AvgIpc) is 2.79. The van der Waals surface area contributed by atoms with Gasteiger partial charge in [-0.15, -0.1) is 10.2 Å². The van der Waals surface area contributed by atoms with Crippen molar-refractivity contribution in [2.45, 2.75) is 66.1 Å². The third kappa shape index (κ3) is 5.45. The van der Waals surface area contributed by atoms with Crippen molar-refractivity contribution in [3.8, 4) is 11.5 Å². The zero-order chi connectivity index (χ0) is 26.0. The molecule has 0 radical (unpaired) electrons. The summed E-state index contributed by atoms with van der Waals surface area (Å²) >= 11 is 0. The van der Waals surface area contributed by atoms with Crippen molar-refractivity contribution >= 4 is 22.0 Å². The van der Waals surface area contributed by atoms with E-state index in [-0.39, 0.29) is 16.6 Å². The van der Waals surface area contributed by atoms with Crippen LogP contribution in [0.3, 0.4) is 0 Å². The number of carbonyl (C=O) groups excluding carboxylic acids is 2. The minimum atomic E-state index is -1.76. The zero-order valence-electron chi connectivity index (χ0n) is 22.4. The molecule has 1 N–H and O–H groups in total.